The Bertz CT molecular complexity index is 141. The minimum atomic E-state index is 0.713. The van der Waals surface area contributed by atoms with E-state index in [1.165, 1.54) is 45.2 Å². The van der Waals surface area contributed by atoms with E-state index in [2.05, 4.69) is 31.2 Å². The van der Waals surface area contributed by atoms with E-state index in [0.29, 0.717) is 6.04 Å². The van der Waals surface area contributed by atoms with Gasteiger partial charge in [0.25, 0.3) is 0 Å². The highest BCUT2D eigenvalue weighted by Gasteiger charge is 2.22. The second-order valence-electron chi connectivity index (χ2n) is 4.93. The predicted molar refractivity (Wildman–Crippen MR) is 62.6 cm³/mol. The van der Waals surface area contributed by atoms with Gasteiger partial charge in [-0.2, -0.15) is 0 Å². The number of hydrogen-bond acceptors (Lipinski definition) is 2. The van der Waals surface area contributed by atoms with Crippen LogP contribution in [0.25, 0.3) is 0 Å². The third kappa shape index (κ3) is 5.61. The van der Waals surface area contributed by atoms with Crippen LogP contribution < -0.4 is 5.32 Å². The van der Waals surface area contributed by atoms with Crippen molar-refractivity contribution in [2.75, 3.05) is 27.2 Å². The van der Waals surface area contributed by atoms with E-state index in [1.807, 2.05) is 0 Å². The molecular weight excluding hydrogens is 172 g/mol. The minimum Gasteiger partial charge on any atom is -0.313 e. The van der Waals surface area contributed by atoms with Crippen molar-refractivity contribution in [1.29, 1.82) is 0 Å². The van der Waals surface area contributed by atoms with Crippen molar-refractivity contribution in [3.8, 4) is 0 Å². The van der Waals surface area contributed by atoms with E-state index < -0.39 is 0 Å². The van der Waals surface area contributed by atoms with Crippen LogP contribution in [0.3, 0.4) is 0 Å². The molecule has 1 unspecified atom stereocenters. The molecule has 1 fully saturated rings. The molecule has 0 heterocycles. The number of nitrogens with zero attached hydrogens (tertiary/aromatic N) is 1. The molecule has 1 N–H and O–H groups in total. The van der Waals surface area contributed by atoms with Gasteiger partial charge in [-0.25, -0.2) is 0 Å². The molecule has 2 heteroatoms. The second kappa shape index (κ2) is 6.41. The molecule has 84 valence electrons. The topological polar surface area (TPSA) is 15.3 Å². The lowest BCUT2D eigenvalue weighted by atomic mass is 10.1. The summed E-state index contributed by atoms with van der Waals surface area (Å²) in [4.78, 5) is 2.29. The van der Waals surface area contributed by atoms with Crippen molar-refractivity contribution in [2.45, 2.75) is 45.1 Å². The summed E-state index contributed by atoms with van der Waals surface area (Å²) in [5.41, 5.74) is 0. The fraction of sp³-hybridized carbons (Fsp3) is 1.00. The molecule has 0 radical (unpaired) electrons. The molecule has 1 rings (SSSR count). The zero-order valence-electron chi connectivity index (χ0n) is 10.1. The van der Waals surface area contributed by atoms with Crippen LogP contribution in [0.2, 0.25) is 0 Å². The number of nitrogens with one attached hydrogen (secondary N) is 1. The highest BCUT2D eigenvalue weighted by Crippen LogP contribution is 2.33. The zero-order valence-corrected chi connectivity index (χ0v) is 10.1. The molecule has 1 aliphatic rings. The first-order valence-electron chi connectivity index (χ1n) is 6.10. The SMILES string of the molecule is CCCNC(CCC1CC1)CN(C)C. The van der Waals surface area contributed by atoms with Gasteiger partial charge in [-0.3, -0.25) is 0 Å². The lowest BCUT2D eigenvalue weighted by molar-refractivity contribution is 0.320. The summed E-state index contributed by atoms with van der Waals surface area (Å²) >= 11 is 0. The van der Waals surface area contributed by atoms with Crippen molar-refractivity contribution < 1.29 is 0 Å². The van der Waals surface area contributed by atoms with Gasteiger partial charge in [0.15, 0.2) is 0 Å². The van der Waals surface area contributed by atoms with Crippen LogP contribution in [0.1, 0.15) is 39.0 Å². The standard InChI is InChI=1S/C12H26N2/c1-4-9-13-12(10-14(2)3)8-7-11-5-6-11/h11-13H,4-10H2,1-3H3. The average Bonchev–Trinajstić information content (AvgIpc) is 2.92. The Labute approximate surface area is 89.1 Å². The van der Waals surface area contributed by atoms with Crippen LogP contribution in [-0.4, -0.2) is 38.1 Å². The minimum absolute atomic E-state index is 0.713. The molecule has 14 heavy (non-hydrogen) atoms. The Morgan fingerprint density at radius 2 is 2.07 bits per heavy atom. The van der Waals surface area contributed by atoms with Crippen molar-refractivity contribution in [3.05, 3.63) is 0 Å². The first-order chi connectivity index (χ1) is 6.72. The van der Waals surface area contributed by atoms with Gasteiger partial charge in [0.05, 0.1) is 0 Å². The molecule has 0 saturated heterocycles. The maximum absolute atomic E-state index is 3.64. The fourth-order valence-corrected chi connectivity index (χ4v) is 1.89. The maximum Gasteiger partial charge on any atom is 0.0194 e. The zero-order chi connectivity index (χ0) is 10.4. The molecule has 0 aromatic rings. The Hall–Kier alpha value is -0.0800. The molecule has 0 aromatic heterocycles. The Kier molecular flexibility index (Phi) is 5.49. The van der Waals surface area contributed by atoms with Crippen molar-refractivity contribution in [1.82, 2.24) is 10.2 Å². The normalized spacial score (nSPS) is 18.9. The van der Waals surface area contributed by atoms with Crippen LogP contribution in [0.5, 0.6) is 0 Å². The molecule has 0 aliphatic heterocycles. The lowest BCUT2D eigenvalue weighted by Crippen LogP contribution is -2.38. The molecule has 1 atom stereocenters. The molecule has 0 spiro atoms. The number of rotatable bonds is 8. The summed E-state index contributed by atoms with van der Waals surface area (Å²) in [6, 6.07) is 0.713. The molecular formula is C12H26N2. The molecule has 1 aliphatic carbocycles. The van der Waals surface area contributed by atoms with E-state index in [0.717, 1.165) is 5.92 Å². The van der Waals surface area contributed by atoms with Gasteiger partial charge in [-0.15, -0.1) is 0 Å². The first-order valence-corrected chi connectivity index (χ1v) is 6.10. The summed E-state index contributed by atoms with van der Waals surface area (Å²) in [5.74, 6) is 1.07. The molecule has 0 bridgehead atoms. The van der Waals surface area contributed by atoms with Gasteiger partial charge in [-0.1, -0.05) is 19.8 Å². The van der Waals surface area contributed by atoms with Gasteiger partial charge in [0, 0.05) is 12.6 Å². The van der Waals surface area contributed by atoms with Crippen LogP contribution in [0.4, 0.5) is 0 Å². The largest absolute Gasteiger partial charge is 0.313 e. The van der Waals surface area contributed by atoms with E-state index in [9.17, 15) is 0 Å². The third-order valence-electron chi connectivity index (χ3n) is 2.89. The van der Waals surface area contributed by atoms with E-state index in [1.54, 1.807) is 0 Å². The highest BCUT2D eigenvalue weighted by atomic mass is 15.1. The molecule has 2 nitrogen and oxygen atoms in total. The lowest BCUT2D eigenvalue weighted by Gasteiger charge is -2.22. The maximum atomic E-state index is 3.64. The molecule has 0 aromatic carbocycles. The van der Waals surface area contributed by atoms with Gasteiger partial charge in [0.2, 0.25) is 0 Å². The third-order valence-corrected chi connectivity index (χ3v) is 2.89. The Morgan fingerprint density at radius 3 is 2.57 bits per heavy atom. The predicted octanol–water partition coefficient (Wildman–Crippen LogP) is 2.11. The van der Waals surface area contributed by atoms with Crippen molar-refractivity contribution >= 4 is 0 Å². The summed E-state index contributed by atoms with van der Waals surface area (Å²) in [6.07, 6.45) is 7.02. The van der Waals surface area contributed by atoms with Crippen LogP contribution in [-0.2, 0) is 0 Å². The van der Waals surface area contributed by atoms with Gasteiger partial charge < -0.3 is 10.2 Å². The monoisotopic (exact) mass is 198 g/mol. The quantitative estimate of drug-likeness (QED) is 0.642. The summed E-state index contributed by atoms with van der Waals surface area (Å²) in [6.45, 7) is 4.59. The van der Waals surface area contributed by atoms with E-state index in [-0.39, 0.29) is 0 Å². The van der Waals surface area contributed by atoms with Gasteiger partial charge in [0.1, 0.15) is 0 Å². The number of hydrogen-bond donors (Lipinski definition) is 1. The van der Waals surface area contributed by atoms with Crippen molar-refractivity contribution in [3.63, 3.8) is 0 Å². The smallest absolute Gasteiger partial charge is 0.0194 e. The Morgan fingerprint density at radius 1 is 1.36 bits per heavy atom. The summed E-state index contributed by atoms with van der Waals surface area (Å²) in [5, 5.41) is 3.64. The fourth-order valence-electron chi connectivity index (χ4n) is 1.89. The summed E-state index contributed by atoms with van der Waals surface area (Å²) < 4.78 is 0. The van der Waals surface area contributed by atoms with Crippen LogP contribution >= 0.6 is 0 Å². The highest BCUT2D eigenvalue weighted by molar-refractivity contribution is 4.77. The van der Waals surface area contributed by atoms with Gasteiger partial charge in [-0.05, 0) is 45.8 Å². The van der Waals surface area contributed by atoms with Crippen LogP contribution in [0, 0.1) is 5.92 Å². The van der Waals surface area contributed by atoms with Gasteiger partial charge >= 0.3 is 0 Å². The molecule has 0 amide bonds. The number of likely N-dealkylation sites (N-methyl/N-ethyl adjacent to an activating group) is 1. The molecule has 1 saturated carbocycles. The van der Waals surface area contributed by atoms with Crippen molar-refractivity contribution in [2.24, 2.45) is 5.92 Å². The Balaban J connectivity index is 2.12. The summed E-state index contributed by atoms with van der Waals surface area (Å²) in [7, 11) is 4.33. The second-order valence-corrected chi connectivity index (χ2v) is 4.93. The first kappa shape index (κ1) is 12.0. The van der Waals surface area contributed by atoms with E-state index in [4.69, 9.17) is 0 Å². The van der Waals surface area contributed by atoms with E-state index >= 15 is 0 Å². The van der Waals surface area contributed by atoms with Crippen LogP contribution in [0.15, 0.2) is 0 Å². The average molecular weight is 198 g/mol.